The first-order valence-corrected chi connectivity index (χ1v) is 9.39. The van der Waals surface area contributed by atoms with E-state index in [1.807, 2.05) is 0 Å². The van der Waals surface area contributed by atoms with Crippen molar-refractivity contribution in [1.82, 2.24) is 0 Å². The van der Waals surface area contributed by atoms with Crippen LogP contribution in [-0.4, -0.2) is 36.7 Å². The van der Waals surface area contributed by atoms with E-state index in [4.69, 9.17) is 4.74 Å². The predicted molar refractivity (Wildman–Crippen MR) is 108 cm³/mol. The van der Waals surface area contributed by atoms with Gasteiger partial charge in [0.15, 0.2) is 5.78 Å². The Hall–Kier alpha value is -3.48. The molecule has 1 atom stereocenters. The summed E-state index contributed by atoms with van der Waals surface area (Å²) in [6.45, 7) is 3.65. The van der Waals surface area contributed by atoms with Gasteiger partial charge in [0.25, 0.3) is 0 Å². The first-order valence-electron chi connectivity index (χ1n) is 9.39. The van der Waals surface area contributed by atoms with Gasteiger partial charge in [0.05, 0.1) is 23.8 Å². The van der Waals surface area contributed by atoms with Gasteiger partial charge in [-0.15, -0.1) is 0 Å². The van der Waals surface area contributed by atoms with Gasteiger partial charge in [-0.05, 0) is 50.2 Å². The van der Waals surface area contributed by atoms with Crippen molar-refractivity contribution >= 4 is 34.9 Å². The lowest BCUT2D eigenvalue weighted by Gasteiger charge is -2.17. The van der Waals surface area contributed by atoms with Gasteiger partial charge >= 0.3 is 5.97 Å². The van der Waals surface area contributed by atoms with Crippen LogP contribution >= 0.6 is 0 Å². The fraction of sp³-hybridized carbons (Fsp3) is 0.273. The first kappa shape index (κ1) is 20.3. The van der Waals surface area contributed by atoms with Crippen molar-refractivity contribution in [3.8, 4) is 0 Å². The van der Waals surface area contributed by atoms with E-state index in [2.05, 4.69) is 5.32 Å². The van der Waals surface area contributed by atoms with Crippen LogP contribution in [0.2, 0.25) is 0 Å². The fourth-order valence-electron chi connectivity index (χ4n) is 3.22. The molecule has 29 heavy (non-hydrogen) atoms. The van der Waals surface area contributed by atoms with E-state index >= 15 is 0 Å². The number of benzene rings is 2. The zero-order valence-corrected chi connectivity index (χ0v) is 16.3. The van der Waals surface area contributed by atoms with Gasteiger partial charge in [0.1, 0.15) is 0 Å². The van der Waals surface area contributed by atoms with Gasteiger partial charge in [-0.3, -0.25) is 14.4 Å². The molecular weight excluding hydrogens is 372 g/mol. The summed E-state index contributed by atoms with van der Waals surface area (Å²) in [6, 6.07) is 13.3. The van der Waals surface area contributed by atoms with E-state index < -0.39 is 11.9 Å². The molecule has 2 amide bonds. The Bertz CT molecular complexity index is 952. The van der Waals surface area contributed by atoms with E-state index in [-0.39, 0.29) is 42.7 Å². The minimum Gasteiger partial charge on any atom is -0.462 e. The number of ketones is 1. The second-order valence-corrected chi connectivity index (χ2v) is 6.76. The molecule has 7 heteroatoms. The minimum atomic E-state index is -0.551. The summed E-state index contributed by atoms with van der Waals surface area (Å²) < 4.78 is 5.02. The first-order chi connectivity index (χ1) is 13.9. The Kier molecular flexibility index (Phi) is 6.07. The normalized spacial score (nSPS) is 15.9. The molecule has 0 bridgehead atoms. The van der Waals surface area contributed by atoms with Gasteiger partial charge in [-0.2, -0.15) is 0 Å². The molecule has 2 aromatic carbocycles. The number of amides is 2. The number of nitrogens with zero attached hydrogens (tertiary/aromatic N) is 1. The monoisotopic (exact) mass is 394 g/mol. The molecule has 1 saturated heterocycles. The number of ether oxygens (including phenoxy) is 1. The number of hydrogen-bond donors (Lipinski definition) is 1. The average molecular weight is 394 g/mol. The number of rotatable bonds is 6. The van der Waals surface area contributed by atoms with Crippen LogP contribution in [0.15, 0.2) is 48.5 Å². The number of carbonyl (C=O) groups excluding carboxylic acids is 4. The lowest BCUT2D eigenvalue weighted by Crippen LogP contribution is -2.28. The lowest BCUT2D eigenvalue weighted by molar-refractivity contribution is -0.122. The Morgan fingerprint density at radius 1 is 1.10 bits per heavy atom. The highest BCUT2D eigenvalue weighted by molar-refractivity contribution is 6.06. The van der Waals surface area contributed by atoms with Crippen molar-refractivity contribution in [1.29, 1.82) is 0 Å². The van der Waals surface area contributed by atoms with Gasteiger partial charge in [-0.25, -0.2) is 4.79 Å². The van der Waals surface area contributed by atoms with Crippen molar-refractivity contribution in [2.24, 2.45) is 5.92 Å². The van der Waals surface area contributed by atoms with E-state index in [9.17, 15) is 19.2 Å². The second-order valence-electron chi connectivity index (χ2n) is 6.76. The summed E-state index contributed by atoms with van der Waals surface area (Å²) in [7, 11) is 0. The number of carbonyl (C=O) groups is 4. The smallest absolute Gasteiger partial charge is 0.340 e. The Morgan fingerprint density at radius 2 is 1.79 bits per heavy atom. The van der Waals surface area contributed by atoms with Crippen LogP contribution in [0.25, 0.3) is 0 Å². The topological polar surface area (TPSA) is 92.8 Å². The Labute approximate surface area is 168 Å². The van der Waals surface area contributed by atoms with Crippen molar-refractivity contribution < 1.29 is 23.9 Å². The molecule has 150 valence electrons. The van der Waals surface area contributed by atoms with Gasteiger partial charge in [0, 0.05) is 24.2 Å². The summed E-state index contributed by atoms with van der Waals surface area (Å²) in [6.07, 6.45) is 0.0713. The molecule has 1 N–H and O–H groups in total. The standard InChI is InChI=1S/C22H22N2O5/c1-3-29-22(28)18-6-4-5-7-19(18)23-21(27)16-12-20(26)24(13-16)17-10-8-15(9-11-17)14(2)25/h4-11,16H,3,12-13H2,1-2H3,(H,23,27). The SMILES string of the molecule is CCOC(=O)c1ccccc1NC(=O)C1CC(=O)N(c2ccc(C(C)=O)cc2)C1. The molecular formula is C22H22N2O5. The Balaban J connectivity index is 1.71. The Morgan fingerprint density at radius 3 is 2.45 bits per heavy atom. The number of para-hydroxylation sites is 1. The predicted octanol–water partition coefficient (Wildman–Crippen LogP) is 3.06. The van der Waals surface area contributed by atoms with E-state index in [1.54, 1.807) is 55.5 Å². The third-order valence-corrected chi connectivity index (χ3v) is 4.76. The molecule has 0 aromatic heterocycles. The number of esters is 1. The van der Waals surface area contributed by atoms with Crippen LogP contribution < -0.4 is 10.2 Å². The number of hydrogen-bond acceptors (Lipinski definition) is 5. The molecule has 0 radical (unpaired) electrons. The van der Waals surface area contributed by atoms with Gasteiger partial charge in [0.2, 0.25) is 11.8 Å². The summed E-state index contributed by atoms with van der Waals surface area (Å²) in [5, 5.41) is 2.75. The highest BCUT2D eigenvalue weighted by Crippen LogP contribution is 2.27. The average Bonchev–Trinajstić information content (AvgIpc) is 3.10. The van der Waals surface area contributed by atoms with E-state index in [0.29, 0.717) is 16.9 Å². The maximum atomic E-state index is 12.7. The highest BCUT2D eigenvalue weighted by Gasteiger charge is 2.35. The highest BCUT2D eigenvalue weighted by atomic mass is 16.5. The van der Waals surface area contributed by atoms with Crippen LogP contribution in [0.5, 0.6) is 0 Å². The molecule has 0 saturated carbocycles. The molecule has 1 aliphatic heterocycles. The molecule has 3 rings (SSSR count). The second kappa shape index (κ2) is 8.68. The van der Waals surface area contributed by atoms with Crippen LogP contribution in [0, 0.1) is 5.92 Å². The zero-order chi connectivity index (χ0) is 21.0. The largest absolute Gasteiger partial charge is 0.462 e. The lowest BCUT2D eigenvalue weighted by atomic mass is 10.1. The minimum absolute atomic E-state index is 0.0539. The van der Waals surface area contributed by atoms with E-state index in [0.717, 1.165) is 0 Å². The van der Waals surface area contributed by atoms with E-state index in [1.165, 1.54) is 11.8 Å². The summed E-state index contributed by atoms with van der Waals surface area (Å²) >= 11 is 0. The van der Waals surface area contributed by atoms with Crippen molar-refractivity contribution in [2.45, 2.75) is 20.3 Å². The summed E-state index contributed by atoms with van der Waals surface area (Å²) in [5.74, 6) is -1.62. The molecule has 1 fully saturated rings. The zero-order valence-electron chi connectivity index (χ0n) is 16.3. The molecule has 0 spiro atoms. The number of nitrogens with one attached hydrogen (secondary N) is 1. The molecule has 1 unspecified atom stereocenters. The molecule has 7 nitrogen and oxygen atoms in total. The third-order valence-electron chi connectivity index (χ3n) is 4.76. The van der Waals surface area contributed by atoms with Crippen LogP contribution in [-0.2, 0) is 14.3 Å². The van der Waals surface area contributed by atoms with Crippen LogP contribution in [0.4, 0.5) is 11.4 Å². The maximum absolute atomic E-state index is 12.7. The molecule has 1 aliphatic rings. The fourth-order valence-corrected chi connectivity index (χ4v) is 3.22. The van der Waals surface area contributed by atoms with Gasteiger partial charge in [-0.1, -0.05) is 12.1 Å². The number of Topliss-reactive ketones (excluding diaryl/α,β-unsaturated/α-hetero) is 1. The number of anilines is 2. The van der Waals surface area contributed by atoms with Crippen molar-refractivity contribution in [3.63, 3.8) is 0 Å². The maximum Gasteiger partial charge on any atom is 0.340 e. The van der Waals surface area contributed by atoms with Crippen LogP contribution in [0.1, 0.15) is 41.0 Å². The molecule has 2 aromatic rings. The summed E-state index contributed by atoms with van der Waals surface area (Å²) in [5.41, 5.74) is 1.82. The molecule has 1 heterocycles. The van der Waals surface area contributed by atoms with Gasteiger partial charge < -0.3 is 15.0 Å². The van der Waals surface area contributed by atoms with Crippen molar-refractivity contribution in [3.05, 3.63) is 59.7 Å². The molecule has 0 aliphatic carbocycles. The summed E-state index contributed by atoms with van der Waals surface area (Å²) in [4.78, 5) is 50.2. The third kappa shape index (κ3) is 4.51. The quantitative estimate of drug-likeness (QED) is 0.600. The van der Waals surface area contributed by atoms with Crippen LogP contribution in [0.3, 0.4) is 0 Å². The van der Waals surface area contributed by atoms with Crippen molar-refractivity contribution in [2.75, 3.05) is 23.4 Å².